The number of carbonyl (C=O) groups excluding carboxylic acids is 1. The van der Waals surface area contributed by atoms with Gasteiger partial charge in [0.25, 0.3) is 11.8 Å². The molecule has 3 saturated carbocycles. The molecule has 1 atom stereocenters. The van der Waals surface area contributed by atoms with Crippen LogP contribution in [0.5, 0.6) is 23.0 Å². The van der Waals surface area contributed by atoms with Crippen LogP contribution in [0.2, 0.25) is 5.02 Å². The van der Waals surface area contributed by atoms with Crippen molar-refractivity contribution in [3.05, 3.63) is 59.0 Å². The minimum Gasteiger partial charge on any atom is -0.484 e. The van der Waals surface area contributed by atoms with Gasteiger partial charge in [0.15, 0.2) is 24.7 Å². The van der Waals surface area contributed by atoms with Gasteiger partial charge in [-0.2, -0.15) is 4.39 Å². The number of nitrogens with zero attached hydrogens (tertiary/aromatic N) is 2. The molecule has 4 aliphatic rings. The molecule has 2 bridgehead atoms. The van der Waals surface area contributed by atoms with E-state index in [0.29, 0.717) is 36.7 Å². The van der Waals surface area contributed by atoms with Gasteiger partial charge in [-0.05, 0) is 43.5 Å². The lowest BCUT2D eigenvalue weighted by Gasteiger charge is -2.68. The summed E-state index contributed by atoms with van der Waals surface area (Å²) in [5, 5.41) is 11.2. The van der Waals surface area contributed by atoms with Crippen LogP contribution in [0.3, 0.4) is 0 Å². The second kappa shape index (κ2) is 7.95. The zero-order valence-electron chi connectivity index (χ0n) is 19.0. The average Bonchev–Trinajstić information content (AvgIpc) is 3.36. The standard InChI is InChI=1S/C24H20ClF2N3O6/c1-22(27)35-17-5-3-14(7-18(17)36-22)32-8-19(31)28-24-10-23(11-24,12-24)21-30-29-20(34-21)9-33-13-2-4-15(25)16(26)6-13/h2-7H,8-12H2,1H3,(H,28,31). The number of amides is 1. The molecule has 3 aromatic rings. The van der Waals surface area contributed by atoms with Crippen LogP contribution in [0.1, 0.15) is 38.0 Å². The molecule has 1 amide bonds. The molecule has 2 aromatic carbocycles. The predicted molar refractivity (Wildman–Crippen MR) is 119 cm³/mol. The molecule has 9 nitrogen and oxygen atoms in total. The van der Waals surface area contributed by atoms with Gasteiger partial charge in [0.1, 0.15) is 17.3 Å². The van der Waals surface area contributed by atoms with Crippen LogP contribution in [-0.4, -0.2) is 34.3 Å². The van der Waals surface area contributed by atoms with Gasteiger partial charge in [-0.25, -0.2) is 4.39 Å². The topological polar surface area (TPSA) is 105 Å². The number of aromatic nitrogens is 2. The first kappa shape index (κ1) is 22.8. The van der Waals surface area contributed by atoms with E-state index in [9.17, 15) is 13.6 Å². The summed E-state index contributed by atoms with van der Waals surface area (Å²) in [6.45, 7) is 0.951. The Morgan fingerprint density at radius 3 is 2.58 bits per heavy atom. The number of hydrogen-bond acceptors (Lipinski definition) is 8. The zero-order valence-corrected chi connectivity index (χ0v) is 19.7. The molecular weight excluding hydrogens is 500 g/mol. The van der Waals surface area contributed by atoms with Gasteiger partial charge < -0.3 is 28.7 Å². The fraction of sp³-hybridized carbons (Fsp3) is 0.375. The number of fused-ring (bicyclic) bond motifs is 1. The Bertz CT molecular complexity index is 1340. The lowest BCUT2D eigenvalue weighted by molar-refractivity contribution is -0.173. The molecule has 0 saturated heterocycles. The summed E-state index contributed by atoms with van der Waals surface area (Å²) in [6, 6.07) is 6.49. The van der Waals surface area contributed by atoms with E-state index in [1.807, 2.05) is 0 Å². The van der Waals surface area contributed by atoms with Crippen molar-refractivity contribution in [1.29, 1.82) is 0 Å². The summed E-state index contributed by atoms with van der Waals surface area (Å²) >= 11 is 5.67. The fourth-order valence-electron chi connectivity index (χ4n) is 5.02. The van der Waals surface area contributed by atoms with E-state index in [-0.39, 0.29) is 52.5 Å². The van der Waals surface area contributed by atoms with Crippen molar-refractivity contribution >= 4 is 17.5 Å². The van der Waals surface area contributed by atoms with E-state index in [2.05, 4.69) is 15.5 Å². The number of halogens is 3. The highest BCUT2D eigenvalue weighted by atomic mass is 35.5. The maximum absolute atomic E-state index is 13.8. The molecule has 2 heterocycles. The Kier molecular flexibility index (Phi) is 5.05. The summed E-state index contributed by atoms with van der Waals surface area (Å²) in [7, 11) is 0. The molecule has 1 unspecified atom stereocenters. The van der Waals surface area contributed by atoms with Gasteiger partial charge in [0, 0.05) is 24.6 Å². The van der Waals surface area contributed by atoms with Gasteiger partial charge in [0.05, 0.1) is 10.4 Å². The third-order valence-corrected chi connectivity index (χ3v) is 6.78. The van der Waals surface area contributed by atoms with Crippen LogP contribution in [0.15, 0.2) is 40.8 Å². The highest BCUT2D eigenvalue weighted by molar-refractivity contribution is 6.30. The molecule has 0 spiro atoms. The van der Waals surface area contributed by atoms with Crippen LogP contribution in [0.25, 0.3) is 0 Å². The molecular formula is C24H20ClF2N3O6. The maximum Gasteiger partial charge on any atom is 0.404 e. The monoisotopic (exact) mass is 519 g/mol. The van der Waals surface area contributed by atoms with Gasteiger partial charge in [-0.3, -0.25) is 4.79 Å². The SMILES string of the molecule is CC1(F)Oc2ccc(OCC(=O)NC34CC(c5nnc(COc6ccc(Cl)c(F)c6)o5)(C3)C4)cc2O1. The van der Waals surface area contributed by atoms with Gasteiger partial charge >= 0.3 is 6.04 Å². The molecule has 1 N–H and O–H groups in total. The molecule has 1 aliphatic heterocycles. The second-order valence-corrected chi connectivity index (χ2v) is 9.85. The summed E-state index contributed by atoms with van der Waals surface area (Å²) in [4.78, 5) is 12.4. The van der Waals surface area contributed by atoms with Crippen molar-refractivity contribution in [3.63, 3.8) is 0 Å². The third kappa shape index (κ3) is 4.06. The van der Waals surface area contributed by atoms with Crippen LogP contribution >= 0.6 is 11.6 Å². The fourth-order valence-corrected chi connectivity index (χ4v) is 5.14. The molecule has 0 radical (unpaired) electrons. The van der Waals surface area contributed by atoms with Gasteiger partial charge in [-0.1, -0.05) is 11.6 Å². The number of carbonyl (C=O) groups is 1. The summed E-state index contributed by atoms with van der Waals surface area (Å²) < 4.78 is 54.1. The number of rotatable bonds is 8. The lowest BCUT2D eigenvalue weighted by Crippen LogP contribution is -2.77. The Labute approximate surface area is 208 Å². The molecule has 36 heavy (non-hydrogen) atoms. The van der Waals surface area contributed by atoms with Crippen LogP contribution < -0.4 is 24.3 Å². The Morgan fingerprint density at radius 1 is 1.08 bits per heavy atom. The predicted octanol–water partition coefficient (Wildman–Crippen LogP) is 4.22. The lowest BCUT2D eigenvalue weighted by atomic mass is 9.39. The average molecular weight is 520 g/mol. The largest absolute Gasteiger partial charge is 0.484 e. The molecule has 1 aromatic heterocycles. The number of alkyl halides is 1. The first-order valence-corrected chi connectivity index (χ1v) is 11.6. The van der Waals surface area contributed by atoms with Crippen molar-refractivity contribution in [3.8, 4) is 23.0 Å². The van der Waals surface area contributed by atoms with Crippen molar-refractivity contribution in [2.75, 3.05) is 6.61 Å². The van der Waals surface area contributed by atoms with E-state index in [1.165, 1.54) is 24.3 Å². The Hall–Kier alpha value is -3.60. The zero-order chi connectivity index (χ0) is 25.1. The highest BCUT2D eigenvalue weighted by Crippen LogP contribution is 2.67. The van der Waals surface area contributed by atoms with Crippen molar-refractivity contribution < 1.29 is 36.9 Å². The Morgan fingerprint density at radius 2 is 1.81 bits per heavy atom. The minimum absolute atomic E-state index is 0.00615. The van der Waals surface area contributed by atoms with Crippen molar-refractivity contribution in [2.24, 2.45) is 0 Å². The minimum atomic E-state index is -2.22. The van der Waals surface area contributed by atoms with Crippen LogP contribution in [-0.2, 0) is 16.8 Å². The molecule has 7 rings (SSSR count). The van der Waals surface area contributed by atoms with Crippen LogP contribution in [0, 0.1) is 5.82 Å². The molecule has 3 aliphatic carbocycles. The van der Waals surface area contributed by atoms with Crippen LogP contribution in [0.4, 0.5) is 8.78 Å². The number of nitrogens with one attached hydrogen (secondary N) is 1. The number of hydrogen-bond donors (Lipinski definition) is 1. The van der Waals surface area contributed by atoms with E-state index in [1.54, 1.807) is 12.1 Å². The van der Waals surface area contributed by atoms with E-state index in [0.717, 1.165) is 6.92 Å². The van der Waals surface area contributed by atoms with Gasteiger partial charge in [-0.15, -0.1) is 10.2 Å². The highest BCUT2D eigenvalue weighted by Gasteiger charge is 2.71. The first-order valence-electron chi connectivity index (χ1n) is 11.2. The van der Waals surface area contributed by atoms with E-state index in [4.69, 9.17) is 35.0 Å². The number of benzene rings is 2. The summed E-state index contributed by atoms with van der Waals surface area (Å²) in [5.74, 6) is 1.06. The van der Waals surface area contributed by atoms with E-state index < -0.39 is 11.9 Å². The molecule has 188 valence electrons. The second-order valence-electron chi connectivity index (χ2n) is 9.44. The third-order valence-electron chi connectivity index (χ3n) is 6.48. The van der Waals surface area contributed by atoms with Crippen molar-refractivity contribution in [1.82, 2.24) is 15.5 Å². The summed E-state index contributed by atoms with van der Waals surface area (Å²) in [5.41, 5.74) is -0.584. The maximum atomic E-state index is 13.8. The Balaban J connectivity index is 0.977. The smallest absolute Gasteiger partial charge is 0.404 e. The van der Waals surface area contributed by atoms with Crippen molar-refractivity contribution in [2.45, 2.75) is 49.8 Å². The van der Waals surface area contributed by atoms with Gasteiger partial charge in [0.2, 0.25) is 5.89 Å². The quantitative estimate of drug-likeness (QED) is 0.471. The van der Waals surface area contributed by atoms with E-state index >= 15 is 0 Å². The summed E-state index contributed by atoms with van der Waals surface area (Å²) in [6.07, 6.45) is 2.03. The molecule has 12 heteroatoms. The first-order chi connectivity index (χ1) is 17.1. The number of ether oxygens (including phenoxy) is 4. The normalized spacial score (nSPS) is 27.1. The molecule has 3 fully saturated rings.